The quantitative estimate of drug-likeness (QED) is 0.420. The van der Waals surface area contributed by atoms with Crippen molar-refractivity contribution in [3.63, 3.8) is 0 Å². The lowest BCUT2D eigenvalue weighted by Crippen LogP contribution is -2.33. The van der Waals surface area contributed by atoms with Crippen molar-refractivity contribution in [1.82, 2.24) is 4.90 Å². The molecule has 0 N–H and O–H groups in total. The number of rotatable bonds is 6. The minimum absolute atomic E-state index is 0.0304. The van der Waals surface area contributed by atoms with Crippen molar-refractivity contribution in [2.75, 3.05) is 27.5 Å². The fraction of sp³-hybridized carbons (Fsp3) is 0.222. The lowest BCUT2D eigenvalue weighted by molar-refractivity contribution is 0.0949. The number of benzene rings is 3. The highest BCUT2D eigenvalue weighted by atomic mass is 35.5. The molecule has 0 atom stereocenters. The van der Waals surface area contributed by atoms with E-state index in [0.717, 1.165) is 24.1 Å². The van der Waals surface area contributed by atoms with Crippen LogP contribution < -0.4 is 18.9 Å². The van der Waals surface area contributed by atoms with Gasteiger partial charge in [-0.3, -0.25) is 9.69 Å². The van der Waals surface area contributed by atoms with Crippen molar-refractivity contribution in [2.24, 2.45) is 0 Å². The molecule has 0 aliphatic carbocycles. The molecular weight excluding hydrogens is 473 g/mol. The van der Waals surface area contributed by atoms with Gasteiger partial charge in [0.05, 0.1) is 30.4 Å². The lowest BCUT2D eigenvalue weighted by atomic mass is 10.0. The van der Waals surface area contributed by atoms with Crippen LogP contribution in [0.1, 0.15) is 27.0 Å². The van der Waals surface area contributed by atoms with E-state index in [1.165, 1.54) is 18.2 Å². The van der Waals surface area contributed by atoms with Gasteiger partial charge in [0, 0.05) is 18.7 Å². The molecule has 5 rings (SSSR count). The third-order valence-corrected chi connectivity index (χ3v) is 6.45. The molecule has 180 valence electrons. The first-order valence-corrected chi connectivity index (χ1v) is 11.5. The molecule has 2 aliphatic rings. The molecule has 6 nitrogen and oxygen atoms in total. The van der Waals surface area contributed by atoms with Crippen LogP contribution in [0.5, 0.6) is 23.0 Å². The highest BCUT2D eigenvalue weighted by Crippen LogP contribution is 2.42. The molecule has 0 aromatic heterocycles. The van der Waals surface area contributed by atoms with Gasteiger partial charge in [0.15, 0.2) is 17.3 Å². The van der Waals surface area contributed by atoms with Crippen LogP contribution >= 0.6 is 11.6 Å². The Balaban J connectivity index is 1.35. The predicted molar refractivity (Wildman–Crippen MR) is 130 cm³/mol. The molecule has 0 saturated carbocycles. The molecule has 2 heterocycles. The SMILES string of the molecule is COc1ccc(CCN2COc3ccc4c(c3C2)O/C(=C\c2c(F)cccc2Cl)C4=O)cc1OC. The fourth-order valence-corrected chi connectivity index (χ4v) is 4.47. The number of fused-ring (bicyclic) bond motifs is 3. The van der Waals surface area contributed by atoms with E-state index in [1.807, 2.05) is 18.2 Å². The van der Waals surface area contributed by atoms with E-state index in [-0.39, 0.29) is 22.1 Å². The summed E-state index contributed by atoms with van der Waals surface area (Å²) in [5, 5.41) is 0.205. The van der Waals surface area contributed by atoms with Gasteiger partial charge >= 0.3 is 0 Å². The first-order valence-electron chi connectivity index (χ1n) is 11.1. The van der Waals surface area contributed by atoms with Crippen LogP contribution in [0.25, 0.3) is 6.08 Å². The van der Waals surface area contributed by atoms with E-state index in [2.05, 4.69) is 4.90 Å². The van der Waals surface area contributed by atoms with E-state index >= 15 is 0 Å². The summed E-state index contributed by atoms with van der Waals surface area (Å²) in [6.07, 6.45) is 2.12. The number of carbonyl (C=O) groups excluding carboxylic acids is 1. The maximum atomic E-state index is 14.3. The summed E-state index contributed by atoms with van der Waals surface area (Å²) in [7, 11) is 3.22. The minimum atomic E-state index is -0.524. The lowest BCUT2D eigenvalue weighted by Gasteiger charge is -2.29. The molecule has 3 aromatic carbocycles. The second-order valence-corrected chi connectivity index (χ2v) is 8.67. The minimum Gasteiger partial charge on any atom is -0.493 e. The van der Waals surface area contributed by atoms with Gasteiger partial charge in [-0.1, -0.05) is 23.7 Å². The van der Waals surface area contributed by atoms with E-state index in [4.69, 9.17) is 30.5 Å². The van der Waals surface area contributed by atoms with E-state index < -0.39 is 5.82 Å². The van der Waals surface area contributed by atoms with Gasteiger partial charge in [-0.05, 0) is 54.5 Å². The fourth-order valence-electron chi connectivity index (χ4n) is 4.25. The summed E-state index contributed by atoms with van der Waals surface area (Å²) in [6, 6.07) is 13.7. The monoisotopic (exact) mass is 495 g/mol. The molecule has 0 fully saturated rings. The molecule has 35 heavy (non-hydrogen) atoms. The van der Waals surface area contributed by atoms with Crippen molar-refractivity contribution in [3.8, 4) is 23.0 Å². The summed E-state index contributed by atoms with van der Waals surface area (Å²) in [5.41, 5.74) is 2.43. The first-order chi connectivity index (χ1) is 17.0. The average molecular weight is 496 g/mol. The molecular formula is C27H23ClFNO5. The maximum absolute atomic E-state index is 14.3. The Morgan fingerprint density at radius 2 is 1.94 bits per heavy atom. The Hall–Kier alpha value is -3.55. The van der Waals surface area contributed by atoms with Crippen molar-refractivity contribution in [2.45, 2.75) is 13.0 Å². The Kier molecular flexibility index (Phi) is 6.36. The van der Waals surface area contributed by atoms with E-state index in [1.54, 1.807) is 32.4 Å². The van der Waals surface area contributed by atoms with Gasteiger partial charge in [0.25, 0.3) is 0 Å². The highest BCUT2D eigenvalue weighted by Gasteiger charge is 2.34. The highest BCUT2D eigenvalue weighted by molar-refractivity contribution is 6.32. The molecule has 8 heteroatoms. The number of ketones is 1. The summed E-state index contributed by atoms with van der Waals surface area (Å²) in [6.45, 7) is 1.69. The Bertz CT molecular complexity index is 1320. The van der Waals surface area contributed by atoms with Crippen molar-refractivity contribution in [1.29, 1.82) is 0 Å². The van der Waals surface area contributed by atoms with Crippen LogP contribution in [0, 0.1) is 5.82 Å². The number of nitrogens with zero attached hydrogens (tertiary/aromatic N) is 1. The molecule has 0 unspecified atom stereocenters. The van der Waals surface area contributed by atoms with Gasteiger partial charge < -0.3 is 18.9 Å². The Labute approximate surface area is 207 Å². The average Bonchev–Trinajstić information content (AvgIpc) is 3.20. The van der Waals surface area contributed by atoms with Gasteiger partial charge in [-0.25, -0.2) is 4.39 Å². The zero-order valence-electron chi connectivity index (χ0n) is 19.3. The molecule has 2 aliphatic heterocycles. The second-order valence-electron chi connectivity index (χ2n) is 8.26. The largest absolute Gasteiger partial charge is 0.493 e. The zero-order chi connectivity index (χ0) is 24.5. The first kappa shape index (κ1) is 23.2. The zero-order valence-corrected chi connectivity index (χ0v) is 20.0. The molecule has 0 spiro atoms. The Morgan fingerprint density at radius 3 is 2.71 bits per heavy atom. The van der Waals surface area contributed by atoms with Crippen LogP contribution in [-0.4, -0.2) is 38.2 Å². The van der Waals surface area contributed by atoms with Crippen LogP contribution in [0.15, 0.2) is 54.3 Å². The maximum Gasteiger partial charge on any atom is 0.231 e. The third-order valence-electron chi connectivity index (χ3n) is 6.12. The molecule has 0 bridgehead atoms. The molecule has 3 aromatic rings. The third kappa shape index (κ3) is 4.45. The number of hydrogen-bond donors (Lipinski definition) is 0. The van der Waals surface area contributed by atoms with Gasteiger partial charge in [-0.2, -0.15) is 0 Å². The summed E-state index contributed by atoms with van der Waals surface area (Å²) in [4.78, 5) is 15.1. The number of ether oxygens (including phenoxy) is 4. The van der Waals surface area contributed by atoms with Gasteiger partial charge in [0.1, 0.15) is 24.0 Å². The smallest absolute Gasteiger partial charge is 0.231 e. The molecule has 0 amide bonds. The molecule has 0 radical (unpaired) electrons. The van der Waals surface area contributed by atoms with Crippen molar-refractivity contribution >= 4 is 23.5 Å². The Morgan fingerprint density at radius 1 is 1.11 bits per heavy atom. The molecule has 0 saturated heterocycles. The topological polar surface area (TPSA) is 57.2 Å². The van der Waals surface area contributed by atoms with Crippen molar-refractivity contribution < 1.29 is 28.1 Å². The number of hydrogen-bond acceptors (Lipinski definition) is 6. The number of methoxy groups -OCH3 is 2. The van der Waals surface area contributed by atoms with Crippen LogP contribution in [-0.2, 0) is 13.0 Å². The van der Waals surface area contributed by atoms with Crippen molar-refractivity contribution in [3.05, 3.63) is 87.4 Å². The van der Waals surface area contributed by atoms with Crippen LogP contribution in [0.2, 0.25) is 5.02 Å². The second kappa shape index (κ2) is 9.60. The van der Waals surface area contributed by atoms with E-state index in [9.17, 15) is 9.18 Å². The number of carbonyl (C=O) groups is 1. The summed E-state index contributed by atoms with van der Waals surface area (Å²) in [5.74, 6) is 1.68. The van der Waals surface area contributed by atoms with E-state index in [0.29, 0.717) is 41.8 Å². The standard InChI is InChI=1S/C27H23ClFNO5/c1-32-23-8-6-16(12-24(23)33-2)10-11-30-14-19-22(34-15-30)9-7-17-26(31)25(35-27(17)19)13-18-20(28)4-3-5-21(18)29/h3-9,12-13H,10-11,14-15H2,1-2H3/b25-13-. The summed E-state index contributed by atoms with van der Waals surface area (Å²) >= 11 is 6.13. The van der Waals surface area contributed by atoms with Gasteiger partial charge in [0.2, 0.25) is 5.78 Å². The van der Waals surface area contributed by atoms with Gasteiger partial charge in [-0.15, -0.1) is 0 Å². The predicted octanol–water partition coefficient (Wildman–Crippen LogP) is 5.51. The van der Waals surface area contributed by atoms with Crippen LogP contribution in [0.3, 0.4) is 0 Å². The summed E-state index contributed by atoms with van der Waals surface area (Å²) < 4.78 is 36.9. The number of Topliss-reactive ketones (excluding diaryl/α,β-unsaturated/α-hetero) is 1. The van der Waals surface area contributed by atoms with Crippen LogP contribution in [0.4, 0.5) is 4.39 Å². The normalized spacial score (nSPS) is 15.9. The number of allylic oxidation sites excluding steroid dienone is 1. The number of halogens is 2.